The highest BCUT2D eigenvalue weighted by Crippen LogP contribution is 2.28. The van der Waals surface area contributed by atoms with E-state index in [1.54, 1.807) is 6.20 Å². The Morgan fingerprint density at radius 2 is 2.11 bits per heavy atom. The van der Waals surface area contributed by atoms with E-state index in [0.717, 1.165) is 27.9 Å². The smallest absolute Gasteiger partial charge is 0.134 e. The Bertz CT molecular complexity index is 672. The van der Waals surface area contributed by atoms with Crippen LogP contribution in [0.3, 0.4) is 0 Å². The predicted molar refractivity (Wildman–Crippen MR) is 74.4 cm³/mol. The third-order valence-corrected chi connectivity index (χ3v) is 3.29. The first kappa shape index (κ1) is 11.9. The predicted octanol–water partition coefficient (Wildman–Crippen LogP) is 2.69. The number of hydrazine groups is 1. The van der Waals surface area contributed by atoms with Crippen LogP contribution in [0.5, 0.6) is 0 Å². The molecule has 4 nitrogen and oxygen atoms in total. The Balaban J connectivity index is 2.09. The normalized spacial score (nSPS) is 12.7. The van der Waals surface area contributed by atoms with Crippen molar-refractivity contribution in [3.8, 4) is 0 Å². The largest absolute Gasteiger partial charge is 0.459 e. The van der Waals surface area contributed by atoms with Gasteiger partial charge < -0.3 is 4.42 Å². The lowest BCUT2D eigenvalue weighted by molar-refractivity contribution is 0.475. The van der Waals surface area contributed by atoms with Gasteiger partial charge >= 0.3 is 0 Å². The summed E-state index contributed by atoms with van der Waals surface area (Å²) in [7, 11) is 0. The topological polar surface area (TPSA) is 64.1 Å². The average molecular weight is 253 g/mol. The summed E-state index contributed by atoms with van der Waals surface area (Å²) >= 11 is 0. The van der Waals surface area contributed by atoms with Crippen LogP contribution in [0.25, 0.3) is 11.0 Å². The van der Waals surface area contributed by atoms with E-state index < -0.39 is 0 Å². The van der Waals surface area contributed by atoms with Gasteiger partial charge in [-0.2, -0.15) is 0 Å². The van der Waals surface area contributed by atoms with E-state index in [2.05, 4.69) is 10.4 Å². The maximum absolute atomic E-state index is 5.86. The number of rotatable bonds is 3. The minimum atomic E-state index is -0.193. The number of nitrogens with one attached hydrogen (secondary N) is 1. The monoisotopic (exact) mass is 253 g/mol. The Hall–Kier alpha value is -2.17. The van der Waals surface area contributed by atoms with Gasteiger partial charge in [-0.25, -0.2) is 5.43 Å². The minimum absolute atomic E-state index is 0.193. The van der Waals surface area contributed by atoms with Crippen molar-refractivity contribution in [2.24, 2.45) is 5.84 Å². The highest BCUT2D eigenvalue weighted by atomic mass is 16.3. The van der Waals surface area contributed by atoms with Crippen molar-refractivity contribution in [2.45, 2.75) is 13.0 Å². The lowest BCUT2D eigenvalue weighted by Gasteiger charge is -2.15. The van der Waals surface area contributed by atoms with Crippen molar-refractivity contribution in [1.29, 1.82) is 0 Å². The van der Waals surface area contributed by atoms with Crippen molar-refractivity contribution in [2.75, 3.05) is 0 Å². The van der Waals surface area contributed by atoms with Crippen molar-refractivity contribution < 1.29 is 4.42 Å². The molecule has 0 saturated carbocycles. The molecule has 0 radical (unpaired) electrons. The first-order valence-corrected chi connectivity index (χ1v) is 6.14. The van der Waals surface area contributed by atoms with Crippen LogP contribution < -0.4 is 11.3 Å². The molecule has 0 aliphatic carbocycles. The quantitative estimate of drug-likeness (QED) is 0.556. The zero-order valence-corrected chi connectivity index (χ0v) is 10.6. The number of hydrogen-bond acceptors (Lipinski definition) is 4. The van der Waals surface area contributed by atoms with Crippen LogP contribution in [-0.2, 0) is 0 Å². The maximum atomic E-state index is 5.86. The second kappa shape index (κ2) is 4.84. The van der Waals surface area contributed by atoms with Crippen LogP contribution >= 0.6 is 0 Å². The number of aryl methyl sites for hydroxylation is 1. The summed E-state index contributed by atoms with van der Waals surface area (Å²) in [6.45, 7) is 2.03. The molecule has 4 heteroatoms. The van der Waals surface area contributed by atoms with Gasteiger partial charge in [0.15, 0.2) is 0 Å². The van der Waals surface area contributed by atoms with Crippen molar-refractivity contribution in [1.82, 2.24) is 10.4 Å². The number of furan rings is 1. The standard InChI is InChI=1S/C15H15N3O/c1-10-6-7-17-9-12(10)15(18-16)14-8-11-4-2-3-5-13(11)19-14/h2-9,15,18H,16H2,1H3. The second-order valence-corrected chi connectivity index (χ2v) is 4.52. The number of nitrogens with two attached hydrogens (primary N) is 1. The van der Waals surface area contributed by atoms with Gasteiger partial charge in [0.25, 0.3) is 0 Å². The highest BCUT2D eigenvalue weighted by molar-refractivity contribution is 5.78. The molecule has 3 N–H and O–H groups in total. The van der Waals surface area contributed by atoms with Crippen LogP contribution in [0.2, 0.25) is 0 Å². The molecule has 0 aliphatic rings. The zero-order chi connectivity index (χ0) is 13.2. The zero-order valence-electron chi connectivity index (χ0n) is 10.6. The summed E-state index contributed by atoms with van der Waals surface area (Å²) in [6.07, 6.45) is 3.58. The van der Waals surface area contributed by atoms with Gasteiger partial charge in [0.1, 0.15) is 17.4 Å². The van der Waals surface area contributed by atoms with Gasteiger partial charge in [-0.1, -0.05) is 18.2 Å². The summed E-state index contributed by atoms with van der Waals surface area (Å²) in [5.74, 6) is 6.48. The Morgan fingerprint density at radius 3 is 2.84 bits per heavy atom. The van der Waals surface area contributed by atoms with Crippen LogP contribution in [-0.4, -0.2) is 4.98 Å². The molecule has 3 rings (SSSR count). The van der Waals surface area contributed by atoms with E-state index in [9.17, 15) is 0 Å². The summed E-state index contributed by atoms with van der Waals surface area (Å²) in [4.78, 5) is 4.16. The fraction of sp³-hybridized carbons (Fsp3) is 0.133. The number of pyridine rings is 1. The van der Waals surface area contributed by atoms with Crippen molar-refractivity contribution in [3.63, 3.8) is 0 Å². The van der Waals surface area contributed by atoms with Crippen LogP contribution in [0.15, 0.2) is 53.2 Å². The second-order valence-electron chi connectivity index (χ2n) is 4.52. The summed E-state index contributed by atoms with van der Waals surface area (Å²) < 4.78 is 5.86. The third-order valence-electron chi connectivity index (χ3n) is 3.29. The van der Waals surface area contributed by atoms with Gasteiger partial charge in [-0.3, -0.25) is 10.8 Å². The van der Waals surface area contributed by atoms with E-state index in [0.29, 0.717) is 0 Å². The van der Waals surface area contributed by atoms with Gasteiger partial charge in [0, 0.05) is 17.8 Å². The molecule has 0 fully saturated rings. The fourth-order valence-electron chi connectivity index (χ4n) is 2.25. The molecule has 2 heterocycles. The molecule has 1 unspecified atom stereocenters. The van der Waals surface area contributed by atoms with Gasteiger partial charge in [-0.05, 0) is 36.2 Å². The molecular formula is C15H15N3O. The van der Waals surface area contributed by atoms with Crippen LogP contribution in [0.1, 0.15) is 22.9 Å². The lowest BCUT2D eigenvalue weighted by atomic mass is 10.0. The molecule has 0 aliphatic heterocycles. The lowest BCUT2D eigenvalue weighted by Crippen LogP contribution is -2.29. The molecule has 1 atom stereocenters. The van der Waals surface area contributed by atoms with Crippen molar-refractivity contribution >= 4 is 11.0 Å². The summed E-state index contributed by atoms with van der Waals surface area (Å²) in [6, 6.07) is 11.7. The Kier molecular flexibility index (Phi) is 3.03. The molecule has 1 aromatic carbocycles. The Morgan fingerprint density at radius 1 is 1.26 bits per heavy atom. The number of aromatic nitrogens is 1. The molecular weight excluding hydrogens is 238 g/mol. The van der Waals surface area contributed by atoms with Gasteiger partial charge in [0.05, 0.1) is 0 Å². The molecule has 3 aromatic rings. The first-order chi connectivity index (χ1) is 9.29. The molecule has 2 aromatic heterocycles. The molecule has 0 amide bonds. The molecule has 0 saturated heterocycles. The summed E-state index contributed by atoms with van der Waals surface area (Å²) in [5.41, 5.74) is 5.80. The van der Waals surface area contributed by atoms with Crippen LogP contribution in [0.4, 0.5) is 0 Å². The van der Waals surface area contributed by atoms with E-state index in [-0.39, 0.29) is 6.04 Å². The summed E-state index contributed by atoms with van der Waals surface area (Å²) in [5, 5.41) is 1.07. The third kappa shape index (κ3) is 2.12. The maximum Gasteiger partial charge on any atom is 0.134 e. The number of hydrogen-bond donors (Lipinski definition) is 2. The molecule has 19 heavy (non-hydrogen) atoms. The number of benzene rings is 1. The van der Waals surface area contributed by atoms with E-state index >= 15 is 0 Å². The van der Waals surface area contributed by atoms with E-state index in [4.69, 9.17) is 10.3 Å². The minimum Gasteiger partial charge on any atom is -0.459 e. The van der Waals surface area contributed by atoms with Gasteiger partial charge in [0.2, 0.25) is 0 Å². The van der Waals surface area contributed by atoms with Gasteiger partial charge in [-0.15, -0.1) is 0 Å². The molecule has 0 spiro atoms. The fourth-order valence-corrected chi connectivity index (χ4v) is 2.25. The Labute approximate surface area is 111 Å². The number of fused-ring (bicyclic) bond motifs is 1. The van der Waals surface area contributed by atoms with Crippen molar-refractivity contribution in [3.05, 3.63) is 65.7 Å². The SMILES string of the molecule is Cc1ccncc1C(NN)c1cc2ccccc2o1. The van der Waals surface area contributed by atoms with Crippen LogP contribution in [0, 0.1) is 6.92 Å². The van der Waals surface area contributed by atoms with E-state index in [1.165, 1.54) is 0 Å². The highest BCUT2D eigenvalue weighted by Gasteiger charge is 2.18. The first-order valence-electron chi connectivity index (χ1n) is 6.14. The average Bonchev–Trinajstić information content (AvgIpc) is 2.85. The molecule has 96 valence electrons. The number of nitrogens with zero attached hydrogens (tertiary/aromatic N) is 1. The number of para-hydroxylation sites is 1. The van der Waals surface area contributed by atoms with E-state index in [1.807, 2.05) is 49.5 Å². The molecule has 0 bridgehead atoms.